The maximum Gasteiger partial charge on any atom is 0.416 e. The summed E-state index contributed by atoms with van der Waals surface area (Å²) >= 11 is 0. The molecule has 9 heteroatoms. The fourth-order valence-electron chi connectivity index (χ4n) is 3.50. The normalized spacial score (nSPS) is 18.9. The first-order valence-electron chi connectivity index (χ1n) is 10.3. The molecule has 2 N–H and O–H groups in total. The Hall–Kier alpha value is -2.28. The highest BCUT2D eigenvalue weighted by molar-refractivity contribution is 5.70. The van der Waals surface area contributed by atoms with Crippen LogP contribution in [0.2, 0.25) is 0 Å². The van der Waals surface area contributed by atoms with E-state index in [2.05, 4.69) is 11.8 Å². The van der Waals surface area contributed by atoms with Crippen LogP contribution < -0.4 is 4.74 Å². The maximum absolute atomic E-state index is 12.6. The summed E-state index contributed by atoms with van der Waals surface area (Å²) in [5, 5.41) is 18.0. The van der Waals surface area contributed by atoms with Gasteiger partial charge in [-0.05, 0) is 49.9 Å². The monoisotopic (exact) mass is 442 g/mol. The molecule has 31 heavy (non-hydrogen) atoms. The number of amides is 1. The van der Waals surface area contributed by atoms with Crippen LogP contribution in [0.1, 0.15) is 31.2 Å². The minimum atomic E-state index is -4.43. The Bertz CT molecular complexity index is 745. The van der Waals surface area contributed by atoms with Crippen molar-refractivity contribution in [2.75, 3.05) is 39.9 Å². The third-order valence-corrected chi connectivity index (χ3v) is 5.36. The smallest absolute Gasteiger partial charge is 0.410 e. The summed E-state index contributed by atoms with van der Waals surface area (Å²) in [5.41, 5.74) is -0.795. The van der Waals surface area contributed by atoms with E-state index in [1.165, 1.54) is 4.90 Å². The fourth-order valence-corrected chi connectivity index (χ4v) is 3.50. The van der Waals surface area contributed by atoms with Crippen LogP contribution in [-0.4, -0.2) is 72.0 Å². The van der Waals surface area contributed by atoms with Gasteiger partial charge in [0.05, 0.1) is 25.3 Å². The number of alkyl halides is 3. The number of ether oxygens (including phenoxy) is 1. The van der Waals surface area contributed by atoms with Crippen LogP contribution in [0.3, 0.4) is 0 Å². The Morgan fingerprint density at radius 1 is 1.10 bits per heavy atom. The molecule has 1 fully saturated rings. The quantitative estimate of drug-likeness (QED) is 0.636. The number of halogens is 3. The van der Waals surface area contributed by atoms with Gasteiger partial charge in [0.25, 0.3) is 0 Å². The number of nitrogens with zero attached hydrogens (tertiary/aromatic N) is 2. The predicted molar refractivity (Wildman–Crippen MR) is 109 cm³/mol. The van der Waals surface area contributed by atoms with Crippen LogP contribution >= 0.6 is 0 Å². The summed E-state index contributed by atoms with van der Waals surface area (Å²) in [6.07, 6.45) is -1.86. The van der Waals surface area contributed by atoms with E-state index < -0.39 is 17.8 Å². The number of hydrogen-bond donors (Lipinski definition) is 2. The van der Waals surface area contributed by atoms with E-state index >= 15 is 0 Å². The summed E-state index contributed by atoms with van der Waals surface area (Å²) < 4.78 is 43.1. The molecular weight excluding hydrogens is 413 g/mol. The molecule has 0 unspecified atom stereocenters. The summed E-state index contributed by atoms with van der Waals surface area (Å²) in [5.74, 6) is 6.63. The van der Waals surface area contributed by atoms with Crippen LogP contribution in [0.15, 0.2) is 24.3 Å². The third-order valence-electron chi connectivity index (χ3n) is 5.36. The Kier molecular flexibility index (Phi) is 9.62. The topological polar surface area (TPSA) is 73.2 Å². The van der Waals surface area contributed by atoms with Crippen molar-refractivity contribution in [2.24, 2.45) is 5.92 Å². The van der Waals surface area contributed by atoms with Crippen LogP contribution in [0, 0.1) is 17.8 Å². The van der Waals surface area contributed by atoms with Crippen molar-refractivity contribution in [3.8, 4) is 17.6 Å². The lowest BCUT2D eigenvalue weighted by Crippen LogP contribution is -2.41. The fraction of sp³-hybridized carbons (Fsp3) is 0.591. The third kappa shape index (κ3) is 8.05. The first-order valence-corrected chi connectivity index (χ1v) is 10.3. The van der Waals surface area contributed by atoms with E-state index in [1.807, 2.05) is 4.90 Å². The maximum atomic E-state index is 12.6. The van der Waals surface area contributed by atoms with E-state index in [1.54, 1.807) is 7.05 Å². The van der Waals surface area contributed by atoms with Crippen molar-refractivity contribution in [1.82, 2.24) is 9.80 Å². The number of aliphatic hydroxyl groups excluding tert-OH is 2. The van der Waals surface area contributed by atoms with Crippen LogP contribution in [0.25, 0.3) is 0 Å². The van der Waals surface area contributed by atoms with Crippen molar-refractivity contribution < 1.29 is 32.9 Å². The van der Waals surface area contributed by atoms with Gasteiger partial charge in [0.15, 0.2) is 0 Å². The molecule has 1 aromatic carbocycles. The highest BCUT2D eigenvalue weighted by Crippen LogP contribution is 2.31. The van der Waals surface area contributed by atoms with Gasteiger partial charge < -0.3 is 19.8 Å². The Morgan fingerprint density at radius 3 is 2.19 bits per heavy atom. The highest BCUT2D eigenvalue weighted by atomic mass is 19.4. The summed E-state index contributed by atoms with van der Waals surface area (Å²) in [6, 6.07) is 4.03. The lowest BCUT2D eigenvalue weighted by atomic mass is 9.86. The largest absolute Gasteiger partial charge is 0.416 e. The number of rotatable bonds is 7. The van der Waals surface area contributed by atoms with E-state index in [-0.39, 0.29) is 30.9 Å². The summed E-state index contributed by atoms with van der Waals surface area (Å²) in [4.78, 5) is 15.7. The molecule has 0 atom stereocenters. The van der Waals surface area contributed by atoms with Gasteiger partial charge in [0.2, 0.25) is 0 Å². The molecule has 0 radical (unpaired) electrons. The lowest BCUT2D eigenvalue weighted by molar-refractivity contribution is -0.137. The molecule has 1 aliphatic carbocycles. The number of aliphatic hydroxyl groups is 2. The van der Waals surface area contributed by atoms with Gasteiger partial charge in [0.1, 0.15) is 5.75 Å². The second-order valence-electron chi connectivity index (χ2n) is 7.55. The zero-order chi connectivity index (χ0) is 22.9. The molecule has 1 aromatic rings. The number of hydrogen-bond acceptors (Lipinski definition) is 5. The molecule has 1 saturated carbocycles. The second-order valence-corrected chi connectivity index (χ2v) is 7.55. The first kappa shape index (κ1) is 25.0. The number of benzene rings is 1. The van der Waals surface area contributed by atoms with E-state index in [9.17, 15) is 18.0 Å². The second kappa shape index (κ2) is 11.9. The Morgan fingerprint density at radius 2 is 1.68 bits per heavy atom. The van der Waals surface area contributed by atoms with Crippen LogP contribution in [-0.2, 0) is 6.18 Å². The molecule has 1 amide bonds. The van der Waals surface area contributed by atoms with Crippen LogP contribution in [0.4, 0.5) is 18.0 Å². The predicted octanol–water partition coefficient (Wildman–Crippen LogP) is 2.98. The summed E-state index contributed by atoms with van der Waals surface area (Å²) in [7, 11) is 1.63. The van der Waals surface area contributed by atoms with Gasteiger partial charge in [-0.25, -0.2) is 4.79 Å². The Labute approximate surface area is 180 Å². The van der Waals surface area contributed by atoms with Crippen molar-refractivity contribution in [2.45, 2.75) is 37.9 Å². The SMILES string of the molecule is CN(C(=O)Oc1ccc(C(F)(F)F)cc1)C1CCC(C#CCN(CCO)CCO)CC1. The van der Waals surface area contributed by atoms with E-state index in [0.29, 0.717) is 19.6 Å². The average Bonchev–Trinajstić information content (AvgIpc) is 2.74. The molecule has 0 saturated heterocycles. The van der Waals surface area contributed by atoms with Gasteiger partial charge in [0, 0.05) is 32.1 Å². The molecule has 172 valence electrons. The molecule has 1 aliphatic rings. The molecule has 0 spiro atoms. The molecule has 6 nitrogen and oxygen atoms in total. The zero-order valence-corrected chi connectivity index (χ0v) is 17.6. The van der Waals surface area contributed by atoms with Crippen molar-refractivity contribution >= 4 is 6.09 Å². The highest BCUT2D eigenvalue weighted by Gasteiger charge is 2.30. The number of carbonyl (C=O) groups excluding carboxylic acids is 1. The standard InChI is InChI=1S/C22H29F3N2O4/c1-26(21(30)31-20-10-6-18(7-11-20)22(23,24)25)19-8-4-17(5-9-19)3-2-12-27(13-15-28)14-16-29/h6-7,10-11,17,19,28-29H,4-5,8-9,12-16H2,1H3. The van der Waals surface area contributed by atoms with Crippen LogP contribution in [0.5, 0.6) is 5.75 Å². The van der Waals surface area contributed by atoms with Gasteiger partial charge in [-0.3, -0.25) is 4.90 Å². The molecule has 0 heterocycles. The molecule has 0 aliphatic heterocycles. The number of carbonyl (C=O) groups is 1. The zero-order valence-electron chi connectivity index (χ0n) is 17.6. The van der Waals surface area contributed by atoms with Gasteiger partial charge in [-0.2, -0.15) is 13.2 Å². The average molecular weight is 442 g/mol. The van der Waals surface area contributed by atoms with Gasteiger partial charge in [-0.15, -0.1) is 0 Å². The molecular formula is C22H29F3N2O4. The lowest BCUT2D eigenvalue weighted by Gasteiger charge is -2.32. The van der Waals surface area contributed by atoms with Crippen molar-refractivity contribution in [1.29, 1.82) is 0 Å². The summed E-state index contributed by atoms with van der Waals surface area (Å²) in [6.45, 7) is 1.45. The minimum Gasteiger partial charge on any atom is -0.410 e. The van der Waals surface area contributed by atoms with E-state index in [0.717, 1.165) is 49.9 Å². The molecule has 0 bridgehead atoms. The first-order chi connectivity index (χ1) is 14.7. The van der Waals surface area contributed by atoms with Crippen molar-refractivity contribution in [3.63, 3.8) is 0 Å². The van der Waals surface area contributed by atoms with E-state index in [4.69, 9.17) is 14.9 Å². The Balaban J connectivity index is 1.80. The van der Waals surface area contributed by atoms with Gasteiger partial charge in [-0.1, -0.05) is 11.8 Å². The minimum absolute atomic E-state index is 0.0136. The molecule has 2 rings (SSSR count). The molecule has 0 aromatic heterocycles. The van der Waals surface area contributed by atoms with Gasteiger partial charge >= 0.3 is 12.3 Å². The van der Waals surface area contributed by atoms with Crippen molar-refractivity contribution in [3.05, 3.63) is 29.8 Å².